The monoisotopic (exact) mass is 424 g/mol. The Hall–Kier alpha value is -4.30. The molecule has 0 atom stereocenters. The molecule has 0 aliphatic heterocycles. The van der Waals surface area contributed by atoms with Gasteiger partial charge in [0.15, 0.2) is 0 Å². The van der Waals surface area contributed by atoms with E-state index in [4.69, 9.17) is 0 Å². The summed E-state index contributed by atoms with van der Waals surface area (Å²) in [6, 6.07) is 34.7. The van der Waals surface area contributed by atoms with E-state index < -0.39 is 0 Å². The van der Waals surface area contributed by atoms with Crippen LogP contribution in [0.4, 0.5) is 0 Å². The fourth-order valence-corrected chi connectivity index (χ4v) is 5.03. The van der Waals surface area contributed by atoms with Crippen LogP contribution in [0.1, 0.15) is 11.3 Å². The van der Waals surface area contributed by atoms with Gasteiger partial charge in [0.1, 0.15) is 0 Å². The zero-order chi connectivity index (χ0) is 22.4. The van der Waals surface area contributed by atoms with Crippen molar-refractivity contribution in [3.63, 3.8) is 0 Å². The first-order valence-corrected chi connectivity index (χ1v) is 11.3. The lowest BCUT2D eigenvalue weighted by atomic mass is 10.1. The molecule has 2 aromatic heterocycles. The molecule has 0 unspecified atom stereocenters. The van der Waals surface area contributed by atoms with Crippen LogP contribution in [0.2, 0.25) is 0 Å². The molecule has 2 heterocycles. The van der Waals surface area contributed by atoms with Gasteiger partial charge in [-0.3, -0.25) is 0 Å². The van der Waals surface area contributed by atoms with Crippen LogP contribution in [-0.4, -0.2) is 9.13 Å². The molecule has 0 fully saturated rings. The Labute approximate surface area is 193 Å². The van der Waals surface area contributed by atoms with Crippen LogP contribution in [0, 0.1) is 6.92 Å². The van der Waals surface area contributed by atoms with E-state index in [0.29, 0.717) is 0 Å². The second-order valence-electron chi connectivity index (χ2n) is 8.35. The Morgan fingerprint density at radius 2 is 1.12 bits per heavy atom. The largest absolute Gasteiger partial charge is 0.310 e. The minimum atomic E-state index is 1.14. The lowest BCUT2D eigenvalue weighted by Crippen LogP contribution is -2.00. The van der Waals surface area contributed by atoms with Crippen molar-refractivity contribution in [2.24, 2.45) is 0 Å². The molecule has 0 radical (unpaired) electrons. The number of hydrogen-bond donors (Lipinski definition) is 0. The highest BCUT2D eigenvalue weighted by Crippen LogP contribution is 2.34. The minimum absolute atomic E-state index is 1.14. The second-order valence-corrected chi connectivity index (χ2v) is 8.35. The van der Waals surface area contributed by atoms with Gasteiger partial charge in [-0.25, -0.2) is 0 Å². The molecule has 0 saturated carbocycles. The quantitative estimate of drug-likeness (QED) is 0.252. The van der Waals surface area contributed by atoms with Crippen molar-refractivity contribution < 1.29 is 0 Å². The zero-order valence-corrected chi connectivity index (χ0v) is 18.6. The standard InChI is InChI=1S/C31H24N2/c1-3-4-17-28-22(2)25-14-5-8-18-29(25)32(28)23-12-11-13-24(21-23)33-30-19-9-6-15-26(30)27-16-7-10-20-31(27)33/h3-21H,1H2,2H3/b17-4-. The first-order valence-electron chi connectivity index (χ1n) is 11.3. The molecule has 0 spiro atoms. The molecule has 33 heavy (non-hydrogen) atoms. The number of benzene rings is 4. The van der Waals surface area contributed by atoms with E-state index in [1.807, 2.05) is 12.2 Å². The third-order valence-corrected chi connectivity index (χ3v) is 6.49. The molecule has 0 saturated heterocycles. The number of allylic oxidation sites excluding steroid dienone is 2. The SMILES string of the molecule is C=C/C=C\c1c(C)c2ccccc2n1-c1cccc(-n2c3ccccc3c3ccccc32)c1. The summed E-state index contributed by atoms with van der Waals surface area (Å²) in [5, 5.41) is 3.81. The van der Waals surface area contributed by atoms with Gasteiger partial charge in [0.2, 0.25) is 0 Å². The van der Waals surface area contributed by atoms with Crippen LogP contribution in [0.5, 0.6) is 0 Å². The predicted molar refractivity (Wildman–Crippen MR) is 142 cm³/mol. The molecular weight excluding hydrogens is 400 g/mol. The minimum Gasteiger partial charge on any atom is -0.310 e. The van der Waals surface area contributed by atoms with Gasteiger partial charge in [0, 0.05) is 33.2 Å². The highest BCUT2D eigenvalue weighted by atomic mass is 15.0. The maximum Gasteiger partial charge on any atom is 0.0541 e. The van der Waals surface area contributed by atoms with Gasteiger partial charge in [-0.05, 0) is 55.0 Å². The maximum atomic E-state index is 3.87. The van der Waals surface area contributed by atoms with Crippen LogP contribution in [0.3, 0.4) is 0 Å². The first-order chi connectivity index (χ1) is 16.3. The topological polar surface area (TPSA) is 9.86 Å². The Morgan fingerprint density at radius 1 is 0.606 bits per heavy atom. The summed E-state index contributed by atoms with van der Waals surface area (Å²) in [5.41, 5.74) is 8.38. The number of aromatic nitrogens is 2. The van der Waals surface area contributed by atoms with Gasteiger partial charge in [0.25, 0.3) is 0 Å². The van der Waals surface area contributed by atoms with Crippen molar-refractivity contribution >= 4 is 38.8 Å². The summed E-state index contributed by atoms with van der Waals surface area (Å²) < 4.78 is 4.72. The lowest BCUT2D eigenvalue weighted by Gasteiger charge is -2.13. The van der Waals surface area contributed by atoms with Crippen molar-refractivity contribution in [3.8, 4) is 11.4 Å². The van der Waals surface area contributed by atoms with Gasteiger partial charge < -0.3 is 9.13 Å². The molecule has 0 N–H and O–H groups in total. The van der Waals surface area contributed by atoms with Gasteiger partial charge in [0.05, 0.1) is 16.6 Å². The number of para-hydroxylation sites is 3. The molecule has 0 aliphatic carbocycles. The van der Waals surface area contributed by atoms with E-state index in [-0.39, 0.29) is 0 Å². The summed E-state index contributed by atoms with van der Waals surface area (Å²) in [4.78, 5) is 0. The zero-order valence-electron chi connectivity index (χ0n) is 18.6. The Balaban J connectivity index is 1.65. The Kier molecular flexibility index (Phi) is 4.51. The average Bonchev–Trinajstić information content (AvgIpc) is 3.35. The molecule has 0 aliphatic rings. The predicted octanol–water partition coefficient (Wildman–Crippen LogP) is 8.24. The van der Waals surface area contributed by atoms with Crippen LogP contribution in [-0.2, 0) is 0 Å². The van der Waals surface area contributed by atoms with E-state index >= 15 is 0 Å². The Morgan fingerprint density at radius 3 is 1.73 bits per heavy atom. The fourth-order valence-electron chi connectivity index (χ4n) is 5.03. The van der Waals surface area contributed by atoms with Gasteiger partial charge in [-0.1, -0.05) is 79.4 Å². The number of fused-ring (bicyclic) bond motifs is 4. The molecule has 2 nitrogen and oxygen atoms in total. The van der Waals surface area contributed by atoms with Crippen LogP contribution in [0.25, 0.3) is 50.2 Å². The van der Waals surface area contributed by atoms with Crippen molar-refractivity contribution in [2.45, 2.75) is 6.92 Å². The molecule has 158 valence electrons. The fraction of sp³-hybridized carbons (Fsp3) is 0.0323. The first kappa shape index (κ1) is 19.4. The van der Waals surface area contributed by atoms with Crippen LogP contribution in [0.15, 0.2) is 116 Å². The van der Waals surface area contributed by atoms with Crippen molar-refractivity contribution in [1.82, 2.24) is 9.13 Å². The highest BCUT2D eigenvalue weighted by Gasteiger charge is 2.15. The molecule has 0 bridgehead atoms. The molecule has 6 aromatic rings. The van der Waals surface area contributed by atoms with Crippen LogP contribution >= 0.6 is 0 Å². The Bertz CT molecular complexity index is 1640. The third kappa shape index (κ3) is 2.95. The maximum absolute atomic E-state index is 3.87. The third-order valence-electron chi connectivity index (χ3n) is 6.49. The van der Waals surface area contributed by atoms with Crippen molar-refractivity contribution in [2.75, 3.05) is 0 Å². The molecule has 4 aromatic carbocycles. The average molecular weight is 425 g/mol. The molecule has 0 amide bonds. The number of hydrogen-bond acceptors (Lipinski definition) is 0. The summed E-state index contributed by atoms with van der Waals surface area (Å²) in [6.45, 7) is 6.06. The smallest absolute Gasteiger partial charge is 0.0541 e. The van der Waals surface area contributed by atoms with E-state index in [1.54, 1.807) is 0 Å². The highest BCUT2D eigenvalue weighted by molar-refractivity contribution is 6.09. The summed E-state index contributed by atoms with van der Waals surface area (Å²) in [6.07, 6.45) is 5.99. The van der Waals surface area contributed by atoms with Gasteiger partial charge >= 0.3 is 0 Å². The molecule has 2 heteroatoms. The van der Waals surface area contributed by atoms with E-state index in [2.05, 4.69) is 126 Å². The second kappa shape index (κ2) is 7.68. The van der Waals surface area contributed by atoms with Crippen LogP contribution < -0.4 is 0 Å². The number of aryl methyl sites for hydroxylation is 1. The van der Waals surface area contributed by atoms with Gasteiger partial charge in [-0.2, -0.15) is 0 Å². The normalized spacial score (nSPS) is 11.8. The molecule has 6 rings (SSSR count). The lowest BCUT2D eigenvalue weighted by molar-refractivity contribution is 1.08. The van der Waals surface area contributed by atoms with Crippen molar-refractivity contribution in [1.29, 1.82) is 0 Å². The van der Waals surface area contributed by atoms with E-state index in [1.165, 1.54) is 44.0 Å². The number of nitrogens with zero attached hydrogens (tertiary/aromatic N) is 2. The van der Waals surface area contributed by atoms with Gasteiger partial charge in [-0.15, -0.1) is 0 Å². The summed E-state index contributed by atoms with van der Waals surface area (Å²) >= 11 is 0. The number of rotatable bonds is 4. The van der Waals surface area contributed by atoms with Crippen molar-refractivity contribution in [3.05, 3.63) is 127 Å². The van der Waals surface area contributed by atoms with E-state index in [9.17, 15) is 0 Å². The molecular formula is C31H24N2. The summed E-state index contributed by atoms with van der Waals surface area (Å²) in [5.74, 6) is 0. The summed E-state index contributed by atoms with van der Waals surface area (Å²) in [7, 11) is 0. The van der Waals surface area contributed by atoms with E-state index in [0.717, 1.165) is 11.4 Å².